The fraction of sp³-hybridized carbons (Fsp3) is 0.571. The quantitative estimate of drug-likeness (QED) is 0.669. The van der Waals surface area contributed by atoms with Crippen molar-refractivity contribution in [2.45, 2.75) is 19.8 Å². The number of hydrogen-bond acceptors (Lipinski definition) is 4. The SMILES string of the molecule is CNCC1CCCN(c2cc(C)cc([N+](=O)[O-])c2)C1. The summed E-state index contributed by atoms with van der Waals surface area (Å²) < 4.78 is 0. The summed E-state index contributed by atoms with van der Waals surface area (Å²) in [5, 5.41) is 14.1. The van der Waals surface area contributed by atoms with Gasteiger partial charge in [-0.3, -0.25) is 10.1 Å². The fourth-order valence-corrected chi connectivity index (χ4v) is 2.79. The third-order valence-corrected chi connectivity index (χ3v) is 3.63. The van der Waals surface area contributed by atoms with E-state index in [1.54, 1.807) is 12.1 Å². The monoisotopic (exact) mass is 263 g/mol. The zero-order valence-corrected chi connectivity index (χ0v) is 11.6. The average molecular weight is 263 g/mol. The molecule has 0 radical (unpaired) electrons. The molecule has 1 fully saturated rings. The molecule has 0 spiro atoms. The van der Waals surface area contributed by atoms with Gasteiger partial charge < -0.3 is 10.2 Å². The van der Waals surface area contributed by atoms with Crippen molar-refractivity contribution in [2.75, 3.05) is 31.6 Å². The molecule has 5 nitrogen and oxygen atoms in total. The van der Waals surface area contributed by atoms with Gasteiger partial charge in [0, 0.05) is 30.9 Å². The Labute approximate surface area is 113 Å². The van der Waals surface area contributed by atoms with Crippen LogP contribution in [0, 0.1) is 23.0 Å². The van der Waals surface area contributed by atoms with Gasteiger partial charge in [-0.05, 0) is 50.9 Å². The Morgan fingerprint density at radius 2 is 2.26 bits per heavy atom. The molecule has 104 valence electrons. The van der Waals surface area contributed by atoms with Crippen LogP contribution in [0.15, 0.2) is 18.2 Å². The van der Waals surface area contributed by atoms with E-state index in [9.17, 15) is 10.1 Å². The van der Waals surface area contributed by atoms with Crippen LogP contribution in [0.2, 0.25) is 0 Å². The van der Waals surface area contributed by atoms with Gasteiger partial charge in [-0.25, -0.2) is 0 Å². The van der Waals surface area contributed by atoms with E-state index in [1.807, 2.05) is 20.0 Å². The van der Waals surface area contributed by atoms with E-state index in [-0.39, 0.29) is 10.6 Å². The van der Waals surface area contributed by atoms with Crippen molar-refractivity contribution in [1.82, 2.24) is 5.32 Å². The molecule has 1 aliphatic rings. The smallest absolute Gasteiger partial charge is 0.271 e. The molecule has 1 heterocycles. The molecule has 0 aliphatic carbocycles. The van der Waals surface area contributed by atoms with Crippen molar-refractivity contribution < 1.29 is 4.92 Å². The summed E-state index contributed by atoms with van der Waals surface area (Å²) in [6, 6.07) is 5.35. The van der Waals surface area contributed by atoms with Gasteiger partial charge in [-0.15, -0.1) is 0 Å². The summed E-state index contributed by atoms with van der Waals surface area (Å²) in [5.41, 5.74) is 2.11. The maximum absolute atomic E-state index is 10.9. The Hall–Kier alpha value is -1.62. The second-order valence-electron chi connectivity index (χ2n) is 5.30. The summed E-state index contributed by atoms with van der Waals surface area (Å²) >= 11 is 0. The molecule has 1 atom stereocenters. The van der Waals surface area contributed by atoms with Crippen LogP contribution in [0.5, 0.6) is 0 Å². The summed E-state index contributed by atoms with van der Waals surface area (Å²) in [5.74, 6) is 0.623. The minimum atomic E-state index is -0.314. The fourth-order valence-electron chi connectivity index (χ4n) is 2.79. The third-order valence-electron chi connectivity index (χ3n) is 3.63. The van der Waals surface area contributed by atoms with E-state index in [4.69, 9.17) is 0 Å². The van der Waals surface area contributed by atoms with Gasteiger partial charge in [-0.2, -0.15) is 0 Å². The number of rotatable bonds is 4. The number of aryl methyl sites for hydroxylation is 1. The van der Waals surface area contributed by atoms with Crippen LogP contribution >= 0.6 is 0 Å². The van der Waals surface area contributed by atoms with Gasteiger partial charge in [-0.1, -0.05) is 0 Å². The van der Waals surface area contributed by atoms with Crippen molar-refractivity contribution in [3.05, 3.63) is 33.9 Å². The lowest BCUT2D eigenvalue weighted by Gasteiger charge is -2.34. The van der Waals surface area contributed by atoms with Crippen molar-refractivity contribution in [3.8, 4) is 0 Å². The second kappa shape index (κ2) is 6.02. The predicted molar refractivity (Wildman–Crippen MR) is 76.7 cm³/mol. The van der Waals surface area contributed by atoms with Crippen LogP contribution in [0.4, 0.5) is 11.4 Å². The lowest BCUT2D eigenvalue weighted by molar-refractivity contribution is -0.384. The third kappa shape index (κ3) is 3.44. The Bertz CT molecular complexity index is 460. The van der Waals surface area contributed by atoms with Crippen LogP contribution in [0.25, 0.3) is 0 Å². The summed E-state index contributed by atoms with van der Waals surface area (Å²) in [4.78, 5) is 12.9. The van der Waals surface area contributed by atoms with Gasteiger partial charge in [0.2, 0.25) is 0 Å². The Morgan fingerprint density at radius 1 is 1.47 bits per heavy atom. The van der Waals surface area contributed by atoms with Crippen LogP contribution in [-0.2, 0) is 0 Å². The highest BCUT2D eigenvalue weighted by molar-refractivity contribution is 5.56. The van der Waals surface area contributed by atoms with E-state index in [0.29, 0.717) is 5.92 Å². The zero-order chi connectivity index (χ0) is 13.8. The van der Waals surface area contributed by atoms with Gasteiger partial charge >= 0.3 is 0 Å². The lowest BCUT2D eigenvalue weighted by Crippen LogP contribution is -2.39. The molecule has 1 aliphatic heterocycles. The molecule has 0 amide bonds. The molecule has 2 rings (SSSR count). The van der Waals surface area contributed by atoms with Crippen molar-refractivity contribution in [3.63, 3.8) is 0 Å². The average Bonchev–Trinajstić information content (AvgIpc) is 2.38. The van der Waals surface area contributed by atoms with Crippen molar-refractivity contribution in [2.24, 2.45) is 5.92 Å². The number of piperidine rings is 1. The molecular formula is C14H21N3O2. The number of nitrogens with one attached hydrogen (secondary N) is 1. The number of hydrogen-bond donors (Lipinski definition) is 1. The highest BCUT2D eigenvalue weighted by Crippen LogP contribution is 2.27. The molecule has 1 aromatic carbocycles. The number of nitro groups is 1. The topological polar surface area (TPSA) is 58.4 Å². The highest BCUT2D eigenvalue weighted by atomic mass is 16.6. The van der Waals surface area contributed by atoms with Gasteiger partial charge in [0.1, 0.15) is 0 Å². The van der Waals surface area contributed by atoms with Crippen LogP contribution in [-0.4, -0.2) is 31.6 Å². The number of anilines is 1. The first-order valence-electron chi connectivity index (χ1n) is 6.76. The maximum atomic E-state index is 10.9. The second-order valence-corrected chi connectivity index (χ2v) is 5.30. The summed E-state index contributed by atoms with van der Waals surface area (Å²) in [7, 11) is 1.97. The highest BCUT2D eigenvalue weighted by Gasteiger charge is 2.21. The summed E-state index contributed by atoms with van der Waals surface area (Å²) in [6.07, 6.45) is 2.37. The zero-order valence-electron chi connectivity index (χ0n) is 11.6. The molecule has 1 aromatic rings. The first-order chi connectivity index (χ1) is 9.10. The molecule has 0 bridgehead atoms. The van der Waals surface area contributed by atoms with Crippen molar-refractivity contribution >= 4 is 11.4 Å². The van der Waals surface area contributed by atoms with E-state index in [2.05, 4.69) is 10.2 Å². The Morgan fingerprint density at radius 3 is 2.95 bits per heavy atom. The Kier molecular flexibility index (Phi) is 4.37. The Balaban J connectivity index is 2.18. The van der Waals surface area contributed by atoms with Crippen LogP contribution < -0.4 is 10.2 Å². The molecule has 1 saturated heterocycles. The number of benzene rings is 1. The normalized spacial score (nSPS) is 19.5. The van der Waals surface area contributed by atoms with Crippen LogP contribution in [0.3, 0.4) is 0 Å². The first-order valence-corrected chi connectivity index (χ1v) is 6.76. The molecule has 19 heavy (non-hydrogen) atoms. The van der Waals surface area contributed by atoms with E-state index in [0.717, 1.165) is 37.3 Å². The van der Waals surface area contributed by atoms with Crippen molar-refractivity contribution in [1.29, 1.82) is 0 Å². The molecule has 0 saturated carbocycles. The van der Waals surface area contributed by atoms with Gasteiger partial charge in [0.05, 0.1) is 4.92 Å². The lowest BCUT2D eigenvalue weighted by atomic mass is 9.97. The van der Waals surface area contributed by atoms with E-state index < -0.39 is 0 Å². The van der Waals surface area contributed by atoms with E-state index >= 15 is 0 Å². The molecule has 5 heteroatoms. The maximum Gasteiger partial charge on any atom is 0.271 e. The largest absolute Gasteiger partial charge is 0.371 e. The molecule has 1 N–H and O–H groups in total. The minimum absolute atomic E-state index is 0.186. The number of nitro benzene ring substituents is 1. The molecule has 1 unspecified atom stereocenters. The summed E-state index contributed by atoms with van der Waals surface area (Å²) in [6.45, 7) is 4.87. The molecule has 0 aromatic heterocycles. The van der Waals surface area contributed by atoms with Crippen LogP contribution in [0.1, 0.15) is 18.4 Å². The van der Waals surface area contributed by atoms with E-state index in [1.165, 1.54) is 6.42 Å². The van der Waals surface area contributed by atoms with Gasteiger partial charge in [0.15, 0.2) is 0 Å². The minimum Gasteiger partial charge on any atom is -0.371 e. The molecular weight excluding hydrogens is 242 g/mol. The number of nitrogens with zero attached hydrogens (tertiary/aromatic N) is 2. The predicted octanol–water partition coefficient (Wildman–Crippen LogP) is 2.34. The first kappa shape index (κ1) is 13.8. The standard InChI is InChI=1S/C14H21N3O2/c1-11-6-13(8-14(7-11)17(18)19)16-5-3-4-12(10-16)9-15-2/h6-8,12,15H,3-5,9-10H2,1-2H3. The van der Waals surface area contributed by atoms with Gasteiger partial charge in [0.25, 0.3) is 5.69 Å². The number of non-ortho nitro benzene ring substituents is 1.